The average Bonchev–Trinajstić information content (AvgIpc) is 2.96. The lowest BCUT2D eigenvalue weighted by Crippen LogP contribution is -2.49. The van der Waals surface area contributed by atoms with Crippen LogP contribution in [0.25, 0.3) is 11.1 Å². The van der Waals surface area contributed by atoms with Crippen LogP contribution in [0.15, 0.2) is 72.8 Å². The van der Waals surface area contributed by atoms with Crippen molar-refractivity contribution in [2.24, 2.45) is 5.73 Å². The maximum Gasteiger partial charge on any atom is 0.336 e. The largest absolute Gasteiger partial charge is 0.478 e. The number of anilines is 1. The number of carboxylic acids is 1. The standard InChI is InChI=1S/C29H31N3O4/c1-29(2,30)17-26(33)31-24-16-15-21-7-3-6-10-25(21)32(27(24)34)18-19-11-13-20(14-12-19)22-8-4-5-9-23(22)28(35)36/h3-14,24H,15-18,30H2,1-2H3,(H,31,33)(H,35,36)/t24-/m1/s1. The van der Waals surface area contributed by atoms with Crippen LogP contribution in [0.2, 0.25) is 0 Å². The van der Waals surface area contributed by atoms with Crippen LogP contribution < -0.4 is 16.0 Å². The fourth-order valence-corrected chi connectivity index (χ4v) is 4.57. The monoisotopic (exact) mass is 485 g/mol. The molecular formula is C29H31N3O4. The van der Waals surface area contributed by atoms with Crippen LogP contribution in [-0.4, -0.2) is 34.5 Å². The van der Waals surface area contributed by atoms with Crippen LogP contribution in [-0.2, 0) is 22.6 Å². The number of benzene rings is 3. The Morgan fingerprint density at radius 1 is 1.03 bits per heavy atom. The summed E-state index contributed by atoms with van der Waals surface area (Å²) in [7, 11) is 0. The van der Waals surface area contributed by atoms with Crippen LogP contribution in [0.3, 0.4) is 0 Å². The van der Waals surface area contributed by atoms with E-state index in [4.69, 9.17) is 5.73 Å². The van der Waals surface area contributed by atoms with Gasteiger partial charge >= 0.3 is 5.97 Å². The number of nitrogens with two attached hydrogens (primary N) is 1. The highest BCUT2D eigenvalue weighted by molar-refractivity contribution is 6.00. The van der Waals surface area contributed by atoms with Gasteiger partial charge in [0.2, 0.25) is 11.8 Å². The molecule has 186 valence electrons. The minimum absolute atomic E-state index is 0.128. The molecule has 7 heteroatoms. The third-order valence-corrected chi connectivity index (χ3v) is 6.26. The summed E-state index contributed by atoms with van der Waals surface area (Å²) in [6, 6.07) is 21.6. The highest BCUT2D eigenvalue weighted by Crippen LogP contribution is 2.30. The van der Waals surface area contributed by atoms with Crippen molar-refractivity contribution in [2.45, 2.75) is 51.2 Å². The molecule has 0 radical (unpaired) electrons. The molecule has 1 atom stereocenters. The van der Waals surface area contributed by atoms with E-state index in [2.05, 4.69) is 5.32 Å². The van der Waals surface area contributed by atoms with Crippen LogP contribution >= 0.6 is 0 Å². The summed E-state index contributed by atoms with van der Waals surface area (Å²) in [5.41, 5.74) is 9.77. The fourth-order valence-electron chi connectivity index (χ4n) is 4.57. The van der Waals surface area contributed by atoms with Gasteiger partial charge in [-0.05, 0) is 61.1 Å². The van der Waals surface area contributed by atoms with Crippen molar-refractivity contribution < 1.29 is 19.5 Å². The molecule has 0 aliphatic carbocycles. The quantitative estimate of drug-likeness (QED) is 0.466. The van der Waals surface area contributed by atoms with Gasteiger partial charge in [-0.25, -0.2) is 4.79 Å². The first-order valence-electron chi connectivity index (χ1n) is 12.0. The highest BCUT2D eigenvalue weighted by Gasteiger charge is 2.32. The Balaban J connectivity index is 1.59. The lowest BCUT2D eigenvalue weighted by atomic mass is 9.98. The normalized spacial score (nSPS) is 15.7. The molecule has 1 aliphatic rings. The highest BCUT2D eigenvalue weighted by atomic mass is 16.4. The maximum atomic E-state index is 13.6. The van der Waals surface area contributed by atoms with E-state index >= 15 is 0 Å². The van der Waals surface area contributed by atoms with E-state index < -0.39 is 17.6 Å². The molecule has 0 saturated carbocycles. The molecule has 36 heavy (non-hydrogen) atoms. The first-order valence-corrected chi connectivity index (χ1v) is 12.0. The van der Waals surface area contributed by atoms with E-state index in [0.717, 1.165) is 22.4 Å². The number of amides is 2. The zero-order chi connectivity index (χ0) is 25.9. The Hall–Kier alpha value is -3.97. The van der Waals surface area contributed by atoms with Gasteiger partial charge in [0.05, 0.1) is 12.1 Å². The lowest BCUT2D eigenvalue weighted by molar-refractivity contribution is -0.128. The predicted molar refractivity (Wildman–Crippen MR) is 140 cm³/mol. The van der Waals surface area contributed by atoms with E-state index in [-0.39, 0.29) is 23.8 Å². The van der Waals surface area contributed by atoms with Crippen molar-refractivity contribution in [2.75, 3.05) is 4.90 Å². The summed E-state index contributed by atoms with van der Waals surface area (Å²) in [5, 5.41) is 12.4. The molecule has 4 rings (SSSR count). The average molecular weight is 486 g/mol. The maximum absolute atomic E-state index is 13.6. The summed E-state index contributed by atoms with van der Waals surface area (Å²) in [6.07, 6.45) is 1.30. The van der Waals surface area contributed by atoms with Gasteiger partial charge in [-0.2, -0.15) is 0 Å². The molecule has 2 amide bonds. The van der Waals surface area contributed by atoms with Crippen molar-refractivity contribution in [3.05, 3.63) is 89.5 Å². The molecule has 3 aromatic rings. The van der Waals surface area contributed by atoms with Crippen molar-refractivity contribution in [1.82, 2.24) is 5.32 Å². The first kappa shape index (κ1) is 25.1. The summed E-state index contributed by atoms with van der Waals surface area (Å²) in [6.45, 7) is 3.88. The van der Waals surface area contributed by atoms with Gasteiger partial charge in [-0.1, -0.05) is 60.7 Å². The Kier molecular flexibility index (Phi) is 7.22. The van der Waals surface area contributed by atoms with E-state index in [1.807, 2.05) is 54.6 Å². The molecule has 1 heterocycles. The van der Waals surface area contributed by atoms with Gasteiger partial charge in [0, 0.05) is 17.6 Å². The molecule has 0 unspecified atom stereocenters. The molecule has 7 nitrogen and oxygen atoms in total. The molecule has 0 aromatic heterocycles. The summed E-state index contributed by atoms with van der Waals surface area (Å²) in [5.74, 6) is -1.39. The number of hydrogen-bond donors (Lipinski definition) is 3. The number of para-hydroxylation sites is 1. The minimum atomic E-state index is -0.979. The van der Waals surface area contributed by atoms with E-state index in [9.17, 15) is 19.5 Å². The fraction of sp³-hybridized carbons (Fsp3) is 0.276. The third-order valence-electron chi connectivity index (χ3n) is 6.26. The van der Waals surface area contributed by atoms with Gasteiger partial charge in [0.25, 0.3) is 0 Å². The van der Waals surface area contributed by atoms with Crippen LogP contribution in [0.1, 0.15) is 48.2 Å². The second-order valence-corrected chi connectivity index (χ2v) is 9.92. The van der Waals surface area contributed by atoms with Crippen molar-refractivity contribution in [3.8, 4) is 11.1 Å². The number of carbonyl (C=O) groups is 3. The van der Waals surface area contributed by atoms with E-state index in [0.29, 0.717) is 24.9 Å². The third kappa shape index (κ3) is 5.80. The molecule has 0 saturated heterocycles. The minimum Gasteiger partial charge on any atom is -0.478 e. The molecule has 3 aromatic carbocycles. The molecule has 0 fully saturated rings. The lowest BCUT2D eigenvalue weighted by Gasteiger charge is -2.27. The van der Waals surface area contributed by atoms with Gasteiger partial charge in [0.15, 0.2) is 0 Å². The number of carbonyl (C=O) groups excluding carboxylic acids is 2. The SMILES string of the molecule is CC(C)(N)CC(=O)N[C@@H]1CCc2ccccc2N(Cc2ccc(-c3ccccc3C(=O)O)cc2)C1=O. The van der Waals surface area contributed by atoms with Crippen molar-refractivity contribution >= 4 is 23.5 Å². The Bertz CT molecular complexity index is 1280. The molecule has 1 aliphatic heterocycles. The van der Waals surface area contributed by atoms with Gasteiger partial charge in [0.1, 0.15) is 6.04 Å². The van der Waals surface area contributed by atoms with E-state index in [1.165, 1.54) is 0 Å². The smallest absolute Gasteiger partial charge is 0.336 e. The molecule has 0 bridgehead atoms. The summed E-state index contributed by atoms with van der Waals surface area (Å²) >= 11 is 0. The van der Waals surface area contributed by atoms with Crippen molar-refractivity contribution in [1.29, 1.82) is 0 Å². The number of fused-ring (bicyclic) bond motifs is 1. The Morgan fingerprint density at radius 2 is 1.69 bits per heavy atom. The van der Waals surface area contributed by atoms with Crippen LogP contribution in [0.4, 0.5) is 5.69 Å². The topological polar surface area (TPSA) is 113 Å². The Morgan fingerprint density at radius 3 is 2.39 bits per heavy atom. The van der Waals surface area contributed by atoms with Gasteiger partial charge in [-0.3, -0.25) is 9.59 Å². The molecular weight excluding hydrogens is 454 g/mol. The van der Waals surface area contributed by atoms with E-state index in [1.54, 1.807) is 36.9 Å². The number of rotatable bonds is 7. The summed E-state index contributed by atoms with van der Waals surface area (Å²) < 4.78 is 0. The predicted octanol–water partition coefficient (Wildman–Crippen LogP) is 4.14. The number of aromatic carboxylic acids is 1. The van der Waals surface area contributed by atoms with Gasteiger partial charge in [-0.15, -0.1) is 0 Å². The van der Waals surface area contributed by atoms with Crippen LogP contribution in [0, 0.1) is 0 Å². The van der Waals surface area contributed by atoms with Gasteiger partial charge < -0.3 is 21.1 Å². The number of nitrogens with one attached hydrogen (secondary N) is 1. The Labute approximate surface area is 210 Å². The second-order valence-electron chi connectivity index (χ2n) is 9.92. The van der Waals surface area contributed by atoms with Crippen molar-refractivity contribution in [3.63, 3.8) is 0 Å². The van der Waals surface area contributed by atoms with Crippen LogP contribution in [0.5, 0.6) is 0 Å². The zero-order valence-electron chi connectivity index (χ0n) is 20.5. The molecule has 0 spiro atoms. The second kappa shape index (κ2) is 10.3. The summed E-state index contributed by atoms with van der Waals surface area (Å²) in [4.78, 5) is 39.5. The first-order chi connectivity index (χ1) is 17.1. The number of hydrogen-bond acceptors (Lipinski definition) is 4. The number of aryl methyl sites for hydroxylation is 1. The number of carboxylic acid groups (broad SMARTS) is 1. The number of nitrogens with zero attached hydrogens (tertiary/aromatic N) is 1. The molecule has 4 N–H and O–H groups in total. The zero-order valence-corrected chi connectivity index (χ0v) is 20.5.